The maximum absolute atomic E-state index is 13.3. The summed E-state index contributed by atoms with van der Waals surface area (Å²) in [4.78, 5) is 36.8. The molecule has 1 atom stereocenters. The van der Waals surface area contributed by atoms with E-state index in [0.29, 0.717) is 44.3 Å². The first-order valence-electron chi connectivity index (χ1n) is 15.3. The van der Waals surface area contributed by atoms with Crippen molar-refractivity contribution in [3.63, 3.8) is 0 Å². The molecule has 2 amide bonds. The van der Waals surface area contributed by atoms with Crippen LogP contribution in [0, 0.1) is 5.92 Å². The minimum atomic E-state index is -0.624. The van der Waals surface area contributed by atoms with E-state index < -0.39 is 6.04 Å². The van der Waals surface area contributed by atoms with E-state index in [1.807, 2.05) is 42.8 Å². The average Bonchev–Trinajstić information content (AvgIpc) is 3.65. The number of rotatable bonds is 6. The van der Waals surface area contributed by atoms with E-state index in [9.17, 15) is 9.59 Å². The van der Waals surface area contributed by atoms with Crippen LogP contribution in [0.3, 0.4) is 0 Å². The Morgan fingerprint density at radius 2 is 1.91 bits per heavy atom. The van der Waals surface area contributed by atoms with Gasteiger partial charge in [0, 0.05) is 55.6 Å². The Labute approximate surface area is 258 Å². The van der Waals surface area contributed by atoms with Crippen LogP contribution in [-0.2, 0) is 29.2 Å². The second-order valence-electron chi connectivity index (χ2n) is 11.7. The zero-order valence-electron chi connectivity index (χ0n) is 25.5. The van der Waals surface area contributed by atoms with Crippen LogP contribution in [0.15, 0.2) is 42.0 Å². The molecule has 232 valence electrons. The molecule has 11 heteroatoms. The standard InChI is InChI=1S/C32H44N6O4S/c1-23(2)30-32(40)34-10-14-38-13-9-33-31(38)25-7-8-27(41-3)28(18-25)42-16-15-37(21-29(39)35-30)20-26-17-24(22-43-26)19-36-11-5-4-6-12-36/h7-9,13,17-18,22-23,30H,4-6,10-12,14-16,19-21H2,1-3H3,(H,34,40)(H,35,39)/t30-/m1/s1. The third-order valence-corrected chi connectivity index (χ3v) is 9.00. The summed E-state index contributed by atoms with van der Waals surface area (Å²) in [5.41, 5.74) is 2.22. The van der Waals surface area contributed by atoms with E-state index in [4.69, 9.17) is 9.47 Å². The zero-order valence-corrected chi connectivity index (χ0v) is 26.3. The van der Waals surface area contributed by atoms with E-state index >= 15 is 0 Å². The Kier molecular flexibility index (Phi) is 10.7. The quantitative estimate of drug-likeness (QED) is 0.440. The molecule has 0 aliphatic carbocycles. The molecule has 2 aromatic heterocycles. The van der Waals surface area contributed by atoms with Gasteiger partial charge in [-0.2, -0.15) is 0 Å². The molecule has 2 N–H and O–H groups in total. The fraction of sp³-hybridized carbons (Fsp3) is 0.531. The molecule has 1 aromatic carbocycles. The molecule has 0 unspecified atom stereocenters. The monoisotopic (exact) mass is 608 g/mol. The lowest BCUT2D eigenvalue weighted by Crippen LogP contribution is -2.52. The number of hydrogen-bond acceptors (Lipinski definition) is 8. The third kappa shape index (κ3) is 8.36. The minimum absolute atomic E-state index is 0.0600. The van der Waals surface area contributed by atoms with Crippen molar-refractivity contribution in [2.75, 3.05) is 46.4 Å². The number of aromatic nitrogens is 2. The molecule has 3 aromatic rings. The van der Waals surface area contributed by atoms with Gasteiger partial charge in [0.05, 0.1) is 13.7 Å². The molecule has 2 bridgehead atoms. The van der Waals surface area contributed by atoms with Crippen molar-refractivity contribution in [2.24, 2.45) is 5.92 Å². The summed E-state index contributed by atoms with van der Waals surface area (Å²) in [7, 11) is 1.63. The van der Waals surface area contributed by atoms with Gasteiger partial charge in [0.25, 0.3) is 0 Å². The lowest BCUT2D eigenvalue weighted by atomic mass is 10.0. The number of carbonyl (C=O) groups excluding carboxylic acids is 2. The summed E-state index contributed by atoms with van der Waals surface area (Å²) in [6.07, 6.45) is 7.50. The van der Waals surface area contributed by atoms with Gasteiger partial charge in [-0.05, 0) is 67.1 Å². The topological polar surface area (TPSA) is 101 Å². The highest BCUT2D eigenvalue weighted by Crippen LogP contribution is 2.32. The molecule has 0 radical (unpaired) electrons. The van der Waals surface area contributed by atoms with Crippen molar-refractivity contribution in [2.45, 2.75) is 58.8 Å². The molecule has 2 aliphatic heterocycles. The highest BCUT2D eigenvalue weighted by molar-refractivity contribution is 7.10. The van der Waals surface area contributed by atoms with Crippen molar-refractivity contribution < 1.29 is 19.1 Å². The van der Waals surface area contributed by atoms with Crippen LogP contribution in [0.5, 0.6) is 11.5 Å². The Hall–Kier alpha value is -3.41. The number of hydrogen-bond donors (Lipinski definition) is 2. The molecule has 2 aliphatic rings. The summed E-state index contributed by atoms with van der Waals surface area (Å²) in [5.74, 6) is 1.61. The van der Waals surface area contributed by atoms with Gasteiger partial charge in [-0.1, -0.05) is 20.3 Å². The maximum atomic E-state index is 13.3. The van der Waals surface area contributed by atoms with Crippen LogP contribution in [0.2, 0.25) is 0 Å². The summed E-state index contributed by atoms with van der Waals surface area (Å²) < 4.78 is 13.8. The molecule has 0 saturated carbocycles. The Bertz CT molecular complexity index is 1370. The predicted molar refractivity (Wildman–Crippen MR) is 168 cm³/mol. The van der Waals surface area contributed by atoms with E-state index in [1.165, 1.54) is 29.7 Å². The van der Waals surface area contributed by atoms with Gasteiger partial charge in [0.15, 0.2) is 11.5 Å². The van der Waals surface area contributed by atoms with Crippen LogP contribution >= 0.6 is 11.3 Å². The maximum Gasteiger partial charge on any atom is 0.242 e. The zero-order chi connectivity index (χ0) is 30.2. The number of amides is 2. The van der Waals surface area contributed by atoms with Gasteiger partial charge < -0.3 is 24.7 Å². The van der Waals surface area contributed by atoms with E-state index in [-0.39, 0.29) is 24.3 Å². The van der Waals surface area contributed by atoms with Crippen molar-refractivity contribution in [1.82, 2.24) is 30.0 Å². The highest BCUT2D eigenvalue weighted by atomic mass is 32.1. The lowest BCUT2D eigenvalue weighted by molar-refractivity contribution is -0.130. The number of piperidine rings is 1. The van der Waals surface area contributed by atoms with Gasteiger partial charge >= 0.3 is 0 Å². The number of likely N-dealkylation sites (tertiary alicyclic amines) is 1. The van der Waals surface area contributed by atoms with Crippen LogP contribution in [0.25, 0.3) is 11.4 Å². The lowest BCUT2D eigenvalue weighted by Gasteiger charge is -2.26. The molecular formula is C32H44N6O4S. The van der Waals surface area contributed by atoms with Crippen molar-refractivity contribution in [3.8, 4) is 22.9 Å². The summed E-state index contributed by atoms with van der Waals surface area (Å²) in [6.45, 7) is 9.79. The Balaban J connectivity index is 1.36. The molecule has 10 nitrogen and oxygen atoms in total. The first-order chi connectivity index (χ1) is 20.9. The average molecular weight is 609 g/mol. The number of nitrogens with zero attached hydrogens (tertiary/aromatic N) is 4. The molecule has 0 spiro atoms. The van der Waals surface area contributed by atoms with Crippen molar-refractivity contribution in [3.05, 3.63) is 52.5 Å². The van der Waals surface area contributed by atoms with Gasteiger partial charge in [0.1, 0.15) is 18.5 Å². The van der Waals surface area contributed by atoms with Gasteiger partial charge in [-0.15, -0.1) is 11.3 Å². The summed E-state index contributed by atoms with van der Waals surface area (Å²) in [6, 6.07) is 7.42. The number of ether oxygens (including phenoxy) is 2. The fourth-order valence-electron chi connectivity index (χ4n) is 5.73. The largest absolute Gasteiger partial charge is 0.493 e. The van der Waals surface area contributed by atoms with Crippen molar-refractivity contribution >= 4 is 23.2 Å². The summed E-state index contributed by atoms with van der Waals surface area (Å²) in [5, 5.41) is 8.24. The van der Waals surface area contributed by atoms with Crippen LogP contribution < -0.4 is 20.1 Å². The van der Waals surface area contributed by atoms with E-state index in [0.717, 1.165) is 31.0 Å². The van der Waals surface area contributed by atoms with Crippen LogP contribution in [0.1, 0.15) is 43.6 Å². The van der Waals surface area contributed by atoms with Crippen molar-refractivity contribution in [1.29, 1.82) is 0 Å². The number of carbonyl (C=O) groups is 2. The van der Waals surface area contributed by atoms with Gasteiger partial charge in [-0.25, -0.2) is 4.98 Å². The van der Waals surface area contributed by atoms with Crippen LogP contribution in [0.4, 0.5) is 0 Å². The number of fused-ring (bicyclic) bond motifs is 4. The second kappa shape index (κ2) is 14.9. The number of benzene rings is 1. The number of methoxy groups -OCH3 is 1. The van der Waals surface area contributed by atoms with Gasteiger partial charge in [0.2, 0.25) is 11.8 Å². The molecule has 1 fully saturated rings. The Morgan fingerprint density at radius 1 is 1.07 bits per heavy atom. The molecule has 4 heterocycles. The fourth-order valence-corrected chi connectivity index (χ4v) is 6.65. The second-order valence-corrected chi connectivity index (χ2v) is 12.7. The van der Waals surface area contributed by atoms with Gasteiger partial charge in [-0.3, -0.25) is 19.4 Å². The number of thiophene rings is 1. The smallest absolute Gasteiger partial charge is 0.242 e. The highest BCUT2D eigenvalue weighted by Gasteiger charge is 2.25. The molecular weight excluding hydrogens is 564 g/mol. The normalized spacial score (nSPS) is 19.7. The van der Waals surface area contributed by atoms with E-state index in [2.05, 4.69) is 36.9 Å². The molecule has 1 saturated heterocycles. The third-order valence-electron chi connectivity index (χ3n) is 8.03. The molecule has 43 heavy (non-hydrogen) atoms. The molecule has 5 rings (SSSR count). The van der Waals surface area contributed by atoms with Crippen LogP contribution in [-0.4, -0.2) is 83.6 Å². The van der Waals surface area contributed by atoms with E-state index in [1.54, 1.807) is 24.6 Å². The number of imidazole rings is 1. The SMILES string of the molecule is COc1ccc2cc1OCCN(Cc1cc(CN3CCCCC3)cs1)CC(=O)N[C@H](C(C)C)C(=O)NCCn1ccnc1-2. The number of nitrogens with one attached hydrogen (secondary N) is 2. The predicted octanol–water partition coefficient (Wildman–Crippen LogP) is 3.76. The first-order valence-corrected chi connectivity index (χ1v) is 16.2. The Morgan fingerprint density at radius 3 is 2.70 bits per heavy atom. The summed E-state index contributed by atoms with van der Waals surface area (Å²) >= 11 is 1.73. The minimum Gasteiger partial charge on any atom is -0.493 e. The first kappa shape index (κ1) is 31.0.